The van der Waals surface area contributed by atoms with E-state index in [-0.39, 0.29) is 0 Å². The van der Waals surface area contributed by atoms with Gasteiger partial charge in [-0.15, -0.1) is 5.10 Å². The molecular weight excluding hydrogens is 264 g/mol. The second-order valence-electron chi connectivity index (χ2n) is 3.43. The number of hydrogen-bond donors (Lipinski definition) is 0. The van der Waals surface area contributed by atoms with Crippen molar-refractivity contribution in [1.29, 1.82) is 0 Å². The average Bonchev–Trinajstić information content (AvgIpc) is 2.59. The molecule has 0 N–H and O–H groups in total. The number of hydrogen-bond acceptors (Lipinski definition) is 5. The summed E-state index contributed by atoms with van der Waals surface area (Å²) in [7, 11) is 0. The molecule has 0 aliphatic carbocycles. The zero-order valence-electron chi connectivity index (χ0n) is 7.48. The van der Waals surface area contributed by atoms with Crippen LogP contribution in [0.3, 0.4) is 0 Å². The van der Waals surface area contributed by atoms with Crippen molar-refractivity contribution in [3.8, 4) is 0 Å². The summed E-state index contributed by atoms with van der Waals surface area (Å²) in [4.78, 5) is 8.20. The number of rotatable bonds is 0. The van der Waals surface area contributed by atoms with Crippen LogP contribution in [0.15, 0.2) is 21.6 Å². The molecule has 0 radical (unpaired) electrons. The Morgan fingerprint density at radius 1 is 1.57 bits per heavy atom. The first-order valence-electron chi connectivity index (χ1n) is 4.42. The van der Waals surface area contributed by atoms with Crippen LogP contribution in [-0.2, 0) is 0 Å². The molecule has 3 aliphatic heterocycles. The van der Waals surface area contributed by atoms with Crippen molar-refractivity contribution in [2.75, 3.05) is 19.6 Å². The van der Waals surface area contributed by atoms with Gasteiger partial charge >= 0.3 is 0 Å². The summed E-state index contributed by atoms with van der Waals surface area (Å²) >= 11 is 5.20. The van der Waals surface area contributed by atoms with Crippen molar-refractivity contribution in [1.82, 2.24) is 9.91 Å². The van der Waals surface area contributed by atoms with Crippen LogP contribution in [-0.4, -0.2) is 45.5 Å². The van der Waals surface area contributed by atoms with Gasteiger partial charge in [0.1, 0.15) is 0 Å². The Morgan fingerprint density at radius 2 is 2.43 bits per heavy atom. The fraction of sp³-hybridized carbons (Fsp3) is 0.500. The molecule has 74 valence electrons. The largest absolute Gasteiger partial charge is 0.283 e. The van der Waals surface area contributed by atoms with Crippen LogP contribution in [0, 0.1) is 0 Å². The maximum atomic E-state index is 4.50. The Hall–Kier alpha value is -0.490. The summed E-state index contributed by atoms with van der Waals surface area (Å²) < 4.78 is 0. The highest BCUT2D eigenvalue weighted by atomic mass is 79.9. The van der Waals surface area contributed by atoms with Gasteiger partial charge in [-0.2, -0.15) is 0 Å². The molecule has 0 spiro atoms. The standard InChI is InChI=1S/C8H9BrN4S/c1-5-3-12-7-10-2-6(9)4-13(7)11-8(12)14-5/h6H,1-4H2. The Kier molecular flexibility index (Phi) is 1.88. The maximum Gasteiger partial charge on any atom is 0.224 e. The van der Waals surface area contributed by atoms with Crippen molar-refractivity contribution in [3.05, 3.63) is 11.5 Å². The maximum absolute atomic E-state index is 4.50. The zero-order chi connectivity index (χ0) is 9.71. The topological polar surface area (TPSA) is 31.2 Å². The first-order chi connectivity index (χ1) is 6.74. The van der Waals surface area contributed by atoms with Gasteiger partial charge in [-0.25, -0.2) is 10.0 Å². The Bertz CT molecular complexity index is 364. The summed E-state index contributed by atoms with van der Waals surface area (Å²) in [5.74, 6) is 0.988. The van der Waals surface area contributed by atoms with Crippen LogP contribution in [0.25, 0.3) is 0 Å². The zero-order valence-corrected chi connectivity index (χ0v) is 9.88. The number of fused-ring (bicyclic) bond motifs is 3. The van der Waals surface area contributed by atoms with Crippen LogP contribution in [0.5, 0.6) is 0 Å². The molecule has 3 rings (SSSR count). The molecule has 3 heterocycles. The third kappa shape index (κ3) is 1.20. The van der Waals surface area contributed by atoms with Gasteiger partial charge in [0.25, 0.3) is 0 Å². The molecule has 6 heteroatoms. The van der Waals surface area contributed by atoms with Crippen LogP contribution in [0.2, 0.25) is 0 Å². The van der Waals surface area contributed by atoms with Crippen molar-refractivity contribution in [2.45, 2.75) is 4.83 Å². The molecule has 0 saturated carbocycles. The molecule has 1 atom stereocenters. The number of alkyl halides is 1. The number of amidine groups is 1. The lowest BCUT2D eigenvalue weighted by atomic mass is 10.4. The number of hydrazone groups is 1. The normalized spacial score (nSPS) is 30.1. The van der Waals surface area contributed by atoms with E-state index in [1.807, 2.05) is 5.01 Å². The minimum absolute atomic E-state index is 0.420. The number of halogens is 1. The van der Waals surface area contributed by atoms with Gasteiger partial charge in [-0.3, -0.25) is 4.90 Å². The molecule has 1 unspecified atom stereocenters. The van der Waals surface area contributed by atoms with E-state index < -0.39 is 0 Å². The van der Waals surface area contributed by atoms with E-state index in [1.54, 1.807) is 11.8 Å². The van der Waals surface area contributed by atoms with E-state index in [0.29, 0.717) is 4.83 Å². The fourth-order valence-electron chi connectivity index (χ4n) is 1.69. The molecule has 0 amide bonds. The molecular formula is C8H9BrN4S. The van der Waals surface area contributed by atoms with E-state index in [1.165, 1.54) is 0 Å². The molecule has 1 saturated heterocycles. The summed E-state index contributed by atoms with van der Waals surface area (Å²) in [6.45, 7) is 6.54. The first kappa shape index (κ1) is 8.79. The predicted octanol–water partition coefficient (Wildman–Crippen LogP) is 1.27. The van der Waals surface area contributed by atoms with Crippen molar-refractivity contribution >= 4 is 38.8 Å². The minimum atomic E-state index is 0.420. The van der Waals surface area contributed by atoms with E-state index in [4.69, 9.17) is 0 Å². The second kappa shape index (κ2) is 3.00. The van der Waals surface area contributed by atoms with E-state index >= 15 is 0 Å². The van der Waals surface area contributed by atoms with E-state index in [2.05, 4.69) is 37.5 Å². The highest BCUT2D eigenvalue weighted by Crippen LogP contribution is 2.34. The Balaban J connectivity index is 1.94. The SMILES string of the molecule is C=C1CN2C(=NN3CC(Br)CN=C32)S1. The van der Waals surface area contributed by atoms with Crippen molar-refractivity contribution < 1.29 is 0 Å². The van der Waals surface area contributed by atoms with Gasteiger partial charge in [-0.05, 0) is 0 Å². The molecule has 3 aliphatic rings. The predicted molar refractivity (Wildman–Crippen MR) is 62.6 cm³/mol. The summed E-state index contributed by atoms with van der Waals surface area (Å²) in [6, 6.07) is 0. The van der Waals surface area contributed by atoms with Gasteiger partial charge in [0.05, 0.1) is 24.5 Å². The van der Waals surface area contributed by atoms with Crippen LogP contribution >= 0.6 is 27.7 Å². The van der Waals surface area contributed by atoms with E-state index in [0.717, 1.165) is 35.7 Å². The first-order valence-corrected chi connectivity index (χ1v) is 6.15. The van der Waals surface area contributed by atoms with Gasteiger partial charge in [0.15, 0.2) is 5.17 Å². The molecule has 0 aromatic rings. The molecule has 0 bridgehead atoms. The number of aliphatic imine (C=N–C) groups is 1. The Labute approximate surface area is 94.9 Å². The average molecular weight is 273 g/mol. The van der Waals surface area contributed by atoms with Gasteiger partial charge in [-0.1, -0.05) is 34.3 Å². The lowest BCUT2D eigenvalue weighted by Crippen LogP contribution is -2.41. The van der Waals surface area contributed by atoms with Crippen LogP contribution < -0.4 is 0 Å². The van der Waals surface area contributed by atoms with Gasteiger partial charge in [0.2, 0.25) is 5.96 Å². The molecule has 4 nitrogen and oxygen atoms in total. The lowest BCUT2D eigenvalue weighted by Gasteiger charge is -2.25. The summed E-state index contributed by atoms with van der Waals surface area (Å²) in [5.41, 5.74) is 0. The minimum Gasteiger partial charge on any atom is -0.283 e. The lowest BCUT2D eigenvalue weighted by molar-refractivity contribution is 0.412. The highest BCUT2D eigenvalue weighted by molar-refractivity contribution is 9.09. The van der Waals surface area contributed by atoms with Crippen LogP contribution in [0.1, 0.15) is 0 Å². The second-order valence-corrected chi connectivity index (χ2v) is 5.87. The Morgan fingerprint density at radius 3 is 3.29 bits per heavy atom. The van der Waals surface area contributed by atoms with Crippen molar-refractivity contribution in [3.63, 3.8) is 0 Å². The van der Waals surface area contributed by atoms with Crippen LogP contribution in [0.4, 0.5) is 0 Å². The third-order valence-electron chi connectivity index (χ3n) is 2.28. The number of guanidine groups is 1. The molecule has 14 heavy (non-hydrogen) atoms. The third-order valence-corrected chi connectivity index (χ3v) is 3.76. The molecule has 1 fully saturated rings. The summed E-state index contributed by atoms with van der Waals surface area (Å²) in [6.07, 6.45) is 0. The van der Waals surface area contributed by atoms with Gasteiger partial charge < -0.3 is 0 Å². The van der Waals surface area contributed by atoms with Crippen molar-refractivity contribution in [2.24, 2.45) is 10.1 Å². The fourth-order valence-corrected chi connectivity index (χ4v) is 2.96. The molecule has 0 aromatic carbocycles. The summed E-state index contributed by atoms with van der Waals surface area (Å²) in [5, 5.41) is 7.48. The molecule has 0 aromatic heterocycles. The number of nitrogens with zero attached hydrogens (tertiary/aromatic N) is 4. The monoisotopic (exact) mass is 272 g/mol. The highest BCUT2D eigenvalue weighted by Gasteiger charge is 2.38. The smallest absolute Gasteiger partial charge is 0.224 e. The quantitative estimate of drug-likeness (QED) is 0.623. The number of thioether (sulfide) groups is 1. The van der Waals surface area contributed by atoms with E-state index in [9.17, 15) is 0 Å². The van der Waals surface area contributed by atoms with Gasteiger partial charge in [0, 0.05) is 4.91 Å².